The lowest BCUT2D eigenvalue weighted by atomic mass is 9.67. The quantitative estimate of drug-likeness (QED) is 0.171. The lowest BCUT2D eigenvalue weighted by Crippen LogP contribution is -2.41. The number of hydrogen-bond acceptors (Lipinski definition) is 0. The first-order valence-corrected chi connectivity index (χ1v) is 21.9. The minimum atomic E-state index is -0.00330. The van der Waals surface area contributed by atoms with Gasteiger partial charge in [0.15, 0.2) is 0 Å². The molecule has 4 atom stereocenters. The summed E-state index contributed by atoms with van der Waals surface area (Å²) in [5.74, 6) is 1.07. The third-order valence-corrected chi connectivity index (χ3v) is 14.7. The van der Waals surface area contributed by atoms with E-state index in [0.717, 1.165) is 25.7 Å². The fraction of sp³-hybridized carbons (Fsp3) is 0.186. The van der Waals surface area contributed by atoms with Crippen LogP contribution in [0.2, 0.25) is 0 Å². The SMILES string of the molecule is CC1(C)C2=C(CCC(C3=c4ccccc4=C(c4ccc(C5=c6ccccc6=C(C6=CC=CCC6)C6C=CC=CC56)c5ccccc45)C4C=CC=CC34)=C2)c2ccccc21. The Balaban J connectivity index is 1.10. The van der Waals surface area contributed by atoms with Gasteiger partial charge in [0, 0.05) is 29.1 Å². The molecule has 284 valence electrons. The third kappa shape index (κ3) is 5.15. The lowest BCUT2D eigenvalue weighted by molar-refractivity contribution is 0.647. The predicted molar refractivity (Wildman–Crippen MR) is 248 cm³/mol. The molecule has 4 unspecified atom stereocenters. The zero-order chi connectivity index (χ0) is 39.2. The van der Waals surface area contributed by atoms with Crippen molar-refractivity contribution in [1.29, 1.82) is 0 Å². The van der Waals surface area contributed by atoms with Gasteiger partial charge in [-0.05, 0) is 124 Å². The second-order valence-electron chi connectivity index (χ2n) is 18.0. The highest BCUT2D eigenvalue weighted by molar-refractivity contribution is 6.03. The average Bonchev–Trinajstić information content (AvgIpc) is 3.52. The Morgan fingerprint density at radius 1 is 0.441 bits per heavy atom. The van der Waals surface area contributed by atoms with Crippen LogP contribution in [0.25, 0.3) is 38.6 Å². The lowest BCUT2D eigenvalue weighted by Gasteiger charge is -2.36. The number of rotatable bonds is 4. The van der Waals surface area contributed by atoms with E-state index in [9.17, 15) is 0 Å². The van der Waals surface area contributed by atoms with Crippen LogP contribution >= 0.6 is 0 Å². The molecule has 0 saturated carbocycles. The van der Waals surface area contributed by atoms with Crippen LogP contribution in [0, 0.1) is 23.7 Å². The molecule has 5 aromatic carbocycles. The van der Waals surface area contributed by atoms with E-state index < -0.39 is 0 Å². The maximum atomic E-state index is 2.61. The van der Waals surface area contributed by atoms with Crippen molar-refractivity contribution in [3.05, 3.63) is 242 Å². The van der Waals surface area contributed by atoms with E-state index in [-0.39, 0.29) is 23.2 Å². The highest BCUT2D eigenvalue weighted by Gasteiger charge is 2.40. The molecule has 0 nitrogen and oxygen atoms in total. The summed E-state index contributed by atoms with van der Waals surface area (Å²) in [6, 6.07) is 41.9. The van der Waals surface area contributed by atoms with Gasteiger partial charge in [0.05, 0.1) is 0 Å². The first-order chi connectivity index (χ1) is 29.1. The van der Waals surface area contributed by atoms with Crippen molar-refractivity contribution < 1.29 is 0 Å². The molecule has 0 aliphatic heterocycles. The van der Waals surface area contributed by atoms with Crippen molar-refractivity contribution in [3.8, 4) is 0 Å². The third-order valence-electron chi connectivity index (χ3n) is 14.7. The van der Waals surface area contributed by atoms with Gasteiger partial charge in [-0.1, -0.05) is 196 Å². The normalized spacial score (nSPS) is 24.3. The van der Waals surface area contributed by atoms with Crippen LogP contribution in [-0.2, 0) is 5.41 Å². The van der Waals surface area contributed by atoms with Gasteiger partial charge in [-0.15, -0.1) is 0 Å². The van der Waals surface area contributed by atoms with E-state index in [1.54, 1.807) is 5.57 Å². The van der Waals surface area contributed by atoms with E-state index in [4.69, 9.17) is 0 Å². The maximum Gasteiger partial charge on any atom is 0.0155 e. The Hall–Kier alpha value is -6.24. The second-order valence-corrected chi connectivity index (χ2v) is 18.0. The summed E-state index contributed by atoms with van der Waals surface area (Å²) in [5, 5.41) is 8.21. The Labute approximate surface area is 347 Å². The first-order valence-electron chi connectivity index (χ1n) is 21.9. The van der Waals surface area contributed by atoms with E-state index in [1.807, 2.05) is 0 Å². The van der Waals surface area contributed by atoms with E-state index in [1.165, 1.54) is 92.9 Å². The monoisotopic (exact) mass is 756 g/mol. The van der Waals surface area contributed by atoms with Crippen LogP contribution < -0.4 is 20.9 Å². The van der Waals surface area contributed by atoms with Gasteiger partial charge in [0.1, 0.15) is 0 Å². The fourth-order valence-electron chi connectivity index (χ4n) is 12.2. The molecule has 0 saturated heterocycles. The highest BCUT2D eigenvalue weighted by Crippen LogP contribution is 2.53. The minimum Gasteiger partial charge on any atom is -0.0842 e. The van der Waals surface area contributed by atoms with Crippen molar-refractivity contribution in [2.75, 3.05) is 0 Å². The molecule has 0 heterocycles. The molecule has 7 aliphatic rings. The molecule has 7 aliphatic carbocycles. The van der Waals surface area contributed by atoms with Gasteiger partial charge in [-0.2, -0.15) is 0 Å². The summed E-state index contributed by atoms with van der Waals surface area (Å²) in [4.78, 5) is 0. The van der Waals surface area contributed by atoms with Crippen molar-refractivity contribution in [3.63, 3.8) is 0 Å². The van der Waals surface area contributed by atoms with Gasteiger partial charge in [0.25, 0.3) is 0 Å². The van der Waals surface area contributed by atoms with Gasteiger partial charge >= 0.3 is 0 Å². The Morgan fingerprint density at radius 2 is 0.932 bits per heavy atom. The Morgan fingerprint density at radius 3 is 1.49 bits per heavy atom. The van der Waals surface area contributed by atoms with Crippen molar-refractivity contribution in [1.82, 2.24) is 0 Å². The molecule has 0 spiro atoms. The van der Waals surface area contributed by atoms with Crippen LogP contribution in [0.1, 0.15) is 61.8 Å². The average molecular weight is 757 g/mol. The zero-order valence-corrected chi connectivity index (χ0v) is 34.0. The summed E-state index contributed by atoms with van der Waals surface area (Å²) >= 11 is 0. The largest absolute Gasteiger partial charge is 0.0842 e. The molecule has 0 N–H and O–H groups in total. The number of fused-ring (bicyclic) bond motifs is 7. The molecular weight excluding hydrogens is 709 g/mol. The standard InChI is InChI=1S/C59H48/c1-59(2)53-31-17-16-22-41(53)42-33-32-38(36-54(42)59)56-45-25-10-14-29-49(45)58(50-30-15-11-26-46(50)56)52-35-34-51(39-20-6-7-21-40(39)52)57-47-27-12-8-23-43(47)55(37-18-4-3-5-19-37)44-24-9-13-28-48(44)57/h3-4,6-18,20-31,34-36,43,45,47,49H,5,19,32-33H2,1-2H3. The summed E-state index contributed by atoms with van der Waals surface area (Å²) in [6.07, 6.45) is 32.9. The topological polar surface area (TPSA) is 0 Å². The molecular formula is C59H48. The summed E-state index contributed by atoms with van der Waals surface area (Å²) in [7, 11) is 0. The highest BCUT2D eigenvalue weighted by atomic mass is 14.4. The maximum absolute atomic E-state index is 2.61. The number of hydrogen-bond donors (Lipinski definition) is 0. The van der Waals surface area contributed by atoms with Crippen molar-refractivity contribution >= 4 is 38.6 Å². The fourth-order valence-corrected chi connectivity index (χ4v) is 12.2. The minimum absolute atomic E-state index is 0.00330. The van der Waals surface area contributed by atoms with E-state index >= 15 is 0 Å². The molecule has 0 fully saturated rings. The summed E-state index contributed by atoms with van der Waals surface area (Å²) in [5.41, 5.74) is 17.6. The van der Waals surface area contributed by atoms with Gasteiger partial charge in [0.2, 0.25) is 0 Å². The van der Waals surface area contributed by atoms with Gasteiger partial charge < -0.3 is 0 Å². The smallest absolute Gasteiger partial charge is 0.0155 e. The van der Waals surface area contributed by atoms with Gasteiger partial charge in [-0.25, -0.2) is 0 Å². The Kier molecular flexibility index (Phi) is 7.90. The van der Waals surface area contributed by atoms with Crippen molar-refractivity contribution in [2.24, 2.45) is 23.7 Å². The van der Waals surface area contributed by atoms with Crippen LogP contribution in [0.5, 0.6) is 0 Å². The summed E-state index contributed by atoms with van der Waals surface area (Å²) in [6.45, 7) is 4.85. The molecule has 5 aromatic rings. The molecule has 12 rings (SSSR count). The molecule has 0 aromatic heterocycles. The van der Waals surface area contributed by atoms with Crippen LogP contribution in [0.15, 0.2) is 199 Å². The van der Waals surface area contributed by atoms with Gasteiger partial charge in [-0.3, -0.25) is 0 Å². The van der Waals surface area contributed by atoms with Crippen LogP contribution in [-0.4, -0.2) is 0 Å². The van der Waals surface area contributed by atoms with Crippen LogP contribution in [0.4, 0.5) is 0 Å². The zero-order valence-electron chi connectivity index (χ0n) is 34.0. The molecule has 0 heteroatoms. The number of allylic oxidation sites excluding steroid dienone is 16. The molecule has 59 heavy (non-hydrogen) atoms. The van der Waals surface area contributed by atoms with Crippen LogP contribution in [0.3, 0.4) is 0 Å². The summed E-state index contributed by atoms with van der Waals surface area (Å²) < 4.78 is 0. The predicted octanol–water partition coefficient (Wildman–Crippen LogP) is 11.0. The van der Waals surface area contributed by atoms with E-state index in [2.05, 4.69) is 196 Å². The van der Waals surface area contributed by atoms with E-state index in [0.29, 0.717) is 5.92 Å². The number of benzene rings is 5. The Bertz CT molecular complexity index is 3190. The first kappa shape index (κ1) is 34.8. The molecule has 0 amide bonds. The molecule has 0 bridgehead atoms. The molecule has 0 radical (unpaired) electrons. The van der Waals surface area contributed by atoms with Crippen molar-refractivity contribution in [2.45, 2.75) is 44.9 Å². The second kappa shape index (κ2) is 13.4.